The fraction of sp³-hybridized carbons (Fsp3) is 0.333. The van der Waals surface area contributed by atoms with Crippen LogP contribution in [0.25, 0.3) is 0 Å². The number of benzene rings is 2. The van der Waals surface area contributed by atoms with Gasteiger partial charge in [-0.2, -0.15) is 0 Å². The lowest BCUT2D eigenvalue weighted by atomic mass is 9.71. The van der Waals surface area contributed by atoms with Crippen molar-refractivity contribution in [3.8, 4) is 5.75 Å². The number of ketones is 1. The molecule has 1 heterocycles. The third kappa shape index (κ3) is 4.07. The van der Waals surface area contributed by atoms with Gasteiger partial charge in [0.1, 0.15) is 5.75 Å². The van der Waals surface area contributed by atoms with Crippen LogP contribution in [-0.2, 0) is 14.3 Å². The highest BCUT2D eigenvalue weighted by Gasteiger charge is 2.42. The summed E-state index contributed by atoms with van der Waals surface area (Å²) in [4.78, 5) is 26.4. The maximum Gasteiger partial charge on any atom is 0.336 e. The molecule has 0 saturated heterocycles. The number of rotatable bonds is 5. The van der Waals surface area contributed by atoms with Crippen LogP contribution in [0.1, 0.15) is 56.6 Å². The Labute approximate surface area is 189 Å². The van der Waals surface area contributed by atoms with Crippen LogP contribution in [-0.4, -0.2) is 25.0 Å². The van der Waals surface area contributed by atoms with E-state index in [4.69, 9.17) is 9.47 Å². The number of dihydropyridines is 1. The quantitative estimate of drug-likeness (QED) is 0.675. The molecule has 2 aliphatic rings. The Kier molecular flexibility index (Phi) is 6.17. The highest BCUT2D eigenvalue weighted by atomic mass is 16.5. The molecule has 0 amide bonds. The zero-order valence-corrected chi connectivity index (χ0v) is 19.0. The van der Waals surface area contributed by atoms with Crippen LogP contribution in [0, 0.1) is 0 Å². The Morgan fingerprint density at radius 2 is 1.72 bits per heavy atom. The van der Waals surface area contributed by atoms with Crippen molar-refractivity contribution in [2.45, 2.75) is 51.6 Å². The van der Waals surface area contributed by atoms with Gasteiger partial charge < -0.3 is 14.8 Å². The average molecular weight is 432 g/mol. The van der Waals surface area contributed by atoms with Crippen LogP contribution < -0.4 is 10.1 Å². The Hall–Kier alpha value is -3.34. The van der Waals surface area contributed by atoms with E-state index in [-0.39, 0.29) is 17.8 Å². The first kappa shape index (κ1) is 21.9. The SMILES string of the molecule is COC(=O)C1=C(C)NC2=C(C(=O)C[C@H](c3ccccc3)C2)[C@@H]1c1ccccc1OC(C)C. The molecule has 1 aliphatic carbocycles. The molecule has 1 aliphatic heterocycles. The second kappa shape index (κ2) is 9.03. The summed E-state index contributed by atoms with van der Waals surface area (Å²) < 4.78 is 11.2. The molecular weight excluding hydrogens is 402 g/mol. The van der Waals surface area contributed by atoms with Crippen LogP contribution in [0.2, 0.25) is 0 Å². The molecule has 0 unspecified atom stereocenters. The van der Waals surface area contributed by atoms with Crippen LogP contribution >= 0.6 is 0 Å². The number of Topliss-reactive ketones (excluding diaryl/α,β-unsaturated/α-hetero) is 1. The lowest BCUT2D eigenvalue weighted by molar-refractivity contribution is -0.136. The molecule has 2 atom stereocenters. The van der Waals surface area contributed by atoms with E-state index in [0.717, 1.165) is 16.8 Å². The van der Waals surface area contributed by atoms with Crippen LogP contribution in [0.15, 0.2) is 77.1 Å². The van der Waals surface area contributed by atoms with E-state index in [9.17, 15) is 9.59 Å². The fourth-order valence-corrected chi connectivity index (χ4v) is 4.77. The van der Waals surface area contributed by atoms with E-state index < -0.39 is 11.9 Å². The molecule has 0 bridgehead atoms. The molecule has 5 nitrogen and oxygen atoms in total. The molecule has 5 heteroatoms. The highest BCUT2D eigenvalue weighted by molar-refractivity contribution is 6.04. The van der Waals surface area contributed by atoms with Crippen molar-refractivity contribution in [1.29, 1.82) is 0 Å². The van der Waals surface area contributed by atoms with E-state index in [1.807, 2.05) is 63.2 Å². The summed E-state index contributed by atoms with van der Waals surface area (Å²) in [6, 6.07) is 17.8. The van der Waals surface area contributed by atoms with E-state index in [1.165, 1.54) is 7.11 Å². The predicted molar refractivity (Wildman–Crippen MR) is 123 cm³/mol. The molecule has 4 rings (SSSR count). The summed E-state index contributed by atoms with van der Waals surface area (Å²) in [5.41, 5.74) is 4.64. The van der Waals surface area contributed by atoms with Gasteiger partial charge in [-0.15, -0.1) is 0 Å². The van der Waals surface area contributed by atoms with Crippen molar-refractivity contribution >= 4 is 11.8 Å². The normalized spacial score (nSPS) is 20.7. The smallest absolute Gasteiger partial charge is 0.336 e. The summed E-state index contributed by atoms with van der Waals surface area (Å²) in [5, 5.41) is 3.37. The molecule has 0 radical (unpaired) electrons. The minimum atomic E-state index is -0.530. The Morgan fingerprint density at radius 3 is 2.41 bits per heavy atom. The van der Waals surface area contributed by atoms with Gasteiger partial charge in [0.15, 0.2) is 5.78 Å². The number of esters is 1. The van der Waals surface area contributed by atoms with Gasteiger partial charge in [0.25, 0.3) is 0 Å². The first-order chi connectivity index (χ1) is 15.4. The molecular formula is C27H29NO4. The van der Waals surface area contributed by atoms with E-state index in [0.29, 0.717) is 35.4 Å². The van der Waals surface area contributed by atoms with E-state index in [1.54, 1.807) is 0 Å². The van der Waals surface area contributed by atoms with Crippen molar-refractivity contribution < 1.29 is 19.1 Å². The van der Waals surface area contributed by atoms with Crippen LogP contribution in [0.5, 0.6) is 5.75 Å². The Balaban J connectivity index is 1.85. The largest absolute Gasteiger partial charge is 0.491 e. The number of carbonyl (C=O) groups is 2. The van der Waals surface area contributed by atoms with Crippen molar-refractivity contribution in [2.24, 2.45) is 0 Å². The van der Waals surface area contributed by atoms with Crippen molar-refractivity contribution in [3.05, 3.63) is 88.3 Å². The van der Waals surface area contributed by atoms with Gasteiger partial charge in [-0.1, -0.05) is 48.5 Å². The van der Waals surface area contributed by atoms with Gasteiger partial charge in [-0.25, -0.2) is 4.79 Å². The second-order valence-electron chi connectivity index (χ2n) is 8.62. The summed E-state index contributed by atoms with van der Waals surface area (Å²) in [5.74, 6) is -0.147. The molecule has 166 valence electrons. The topological polar surface area (TPSA) is 64.6 Å². The minimum Gasteiger partial charge on any atom is -0.491 e. The molecule has 1 N–H and O–H groups in total. The van der Waals surface area contributed by atoms with E-state index in [2.05, 4.69) is 17.4 Å². The van der Waals surface area contributed by atoms with Crippen LogP contribution in [0.4, 0.5) is 0 Å². The number of nitrogens with one attached hydrogen (secondary N) is 1. The van der Waals surface area contributed by atoms with Crippen molar-refractivity contribution in [1.82, 2.24) is 5.32 Å². The maximum atomic E-state index is 13.6. The fourth-order valence-electron chi connectivity index (χ4n) is 4.77. The summed E-state index contributed by atoms with van der Waals surface area (Å²) in [7, 11) is 1.37. The first-order valence-corrected chi connectivity index (χ1v) is 11.0. The average Bonchev–Trinajstić information content (AvgIpc) is 2.78. The summed E-state index contributed by atoms with van der Waals surface area (Å²) in [6.07, 6.45) is 1.07. The minimum absolute atomic E-state index is 0.0394. The van der Waals surface area contributed by atoms with E-state index >= 15 is 0 Å². The molecule has 32 heavy (non-hydrogen) atoms. The number of methoxy groups -OCH3 is 1. The number of para-hydroxylation sites is 1. The third-order valence-corrected chi connectivity index (χ3v) is 6.10. The van der Waals surface area contributed by atoms with Gasteiger partial charge in [0.05, 0.1) is 24.7 Å². The predicted octanol–water partition coefficient (Wildman–Crippen LogP) is 5.01. The van der Waals surface area contributed by atoms with Gasteiger partial charge in [0.2, 0.25) is 0 Å². The van der Waals surface area contributed by atoms with Crippen molar-refractivity contribution in [2.75, 3.05) is 7.11 Å². The Morgan fingerprint density at radius 1 is 1.03 bits per heavy atom. The number of carbonyl (C=O) groups excluding carboxylic acids is 2. The third-order valence-electron chi connectivity index (χ3n) is 6.10. The zero-order chi connectivity index (χ0) is 22.8. The monoisotopic (exact) mass is 431 g/mol. The summed E-state index contributed by atoms with van der Waals surface area (Å²) >= 11 is 0. The lowest BCUT2D eigenvalue weighted by Gasteiger charge is -2.37. The van der Waals surface area contributed by atoms with Gasteiger partial charge in [0, 0.05) is 29.0 Å². The second-order valence-corrected chi connectivity index (χ2v) is 8.62. The standard InChI is InChI=1S/C27H29NO4/c1-16(2)32-23-13-9-8-12-20(23)25-24(27(30)31-4)17(3)28-21-14-19(15-22(29)26(21)25)18-10-6-5-7-11-18/h5-13,16,19,25,28H,14-15H2,1-4H3/t19-,25-/m1/s1. The Bertz CT molecular complexity index is 1100. The molecule has 0 spiro atoms. The molecule has 0 aromatic heterocycles. The zero-order valence-electron chi connectivity index (χ0n) is 19.0. The van der Waals surface area contributed by atoms with Gasteiger partial charge in [-0.05, 0) is 44.7 Å². The number of allylic oxidation sites excluding steroid dienone is 3. The summed E-state index contributed by atoms with van der Waals surface area (Å²) in [6.45, 7) is 5.79. The van der Waals surface area contributed by atoms with Gasteiger partial charge in [-0.3, -0.25) is 4.79 Å². The molecule has 0 fully saturated rings. The lowest BCUT2D eigenvalue weighted by Crippen LogP contribution is -2.36. The number of hydrogen-bond acceptors (Lipinski definition) is 5. The number of hydrogen-bond donors (Lipinski definition) is 1. The maximum absolute atomic E-state index is 13.6. The molecule has 2 aromatic carbocycles. The van der Waals surface area contributed by atoms with Gasteiger partial charge >= 0.3 is 5.97 Å². The molecule has 0 saturated carbocycles. The highest BCUT2D eigenvalue weighted by Crippen LogP contribution is 2.47. The first-order valence-electron chi connectivity index (χ1n) is 11.0. The van der Waals surface area contributed by atoms with Crippen LogP contribution in [0.3, 0.4) is 0 Å². The number of ether oxygens (including phenoxy) is 2. The molecule has 2 aromatic rings. The van der Waals surface area contributed by atoms with Crippen molar-refractivity contribution in [3.63, 3.8) is 0 Å².